The molecule has 29 heavy (non-hydrogen) atoms. The Hall–Kier alpha value is -2.09. The normalized spacial score (nSPS) is 20.3. The van der Waals surface area contributed by atoms with Gasteiger partial charge in [0, 0.05) is 51.3 Å². The fourth-order valence-electron chi connectivity index (χ4n) is 4.65. The number of rotatable bonds is 4. The number of carbonyl (C=O) groups is 1. The molecular formula is C21H34N6O2. The number of urea groups is 1. The van der Waals surface area contributed by atoms with Gasteiger partial charge in [0.15, 0.2) is 0 Å². The summed E-state index contributed by atoms with van der Waals surface area (Å²) in [4.78, 5) is 28.9. The fraction of sp³-hybridized carbons (Fsp3) is 0.762. The Morgan fingerprint density at radius 2 is 1.93 bits per heavy atom. The third-order valence-electron chi connectivity index (χ3n) is 6.39. The smallest absolute Gasteiger partial charge is 0.317 e. The Morgan fingerprint density at radius 3 is 2.66 bits per heavy atom. The largest absolute Gasteiger partial charge is 0.378 e. The Morgan fingerprint density at radius 1 is 1.17 bits per heavy atom. The van der Waals surface area contributed by atoms with Crippen molar-refractivity contribution < 1.29 is 9.53 Å². The molecule has 0 unspecified atom stereocenters. The van der Waals surface area contributed by atoms with Gasteiger partial charge in [-0.15, -0.1) is 0 Å². The number of fused-ring (bicyclic) bond motifs is 1. The Balaban J connectivity index is 1.65. The van der Waals surface area contributed by atoms with Crippen LogP contribution in [0.2, 0.25) is 0 Å². The lowest BCUT2D eigenvalue weighted by atomic mass is 9.95. The molecule has 1 aliphatic carbocycles. The van der Waals surface area contributed by atoms with Gasteiger partial charge in [-0.1, -0.05) is 19.3 Å². The standard InChI is InChI=1S/C21H34N6O2/c1-3-22-21(28)27-10-9-18-17(15-27)19(26-11-13-29-14-12-26)24-20(23-18)25(2)16-7-5-4-6-8-16/h16H,3-15H2,1-2H3,(H,22,28). The van der Waals surface area contributed by atoms with Crippen LogP contribution in [0.5, 0.6) is 0 Å². The number of amides is 2. The first kappa shape index (κ1) is 20.2. The summed E-state index contributed by atoms with van der Waals surface area (Å²) in [6.45, 7) is 6.95. The third-order valence-corrected chi connectivity index (χ3v) is 6.39. The van der Waals surface area contributed by atoms with Gasteiger partial charge < -0.3 is 24.8 Å². The van der Waals surface area contributed by atoms with Crippen molar-refractivity contribution >= 4 is 17.8 Å². The predicted molar refractivity (Wildman–Crippen MR) is 114 cm³/mol. The Labute approximate surface area is 173 Å². The Bertz CT molecular complexity index is 715. The predicted octanol–water partition coefficient (Wildman–Crippen LogP) is 2.17. The zero-order chi connectivity index (χ0) is 20.2. The second-order valence-corrected chi connectivity index (χ2v) is 8.28. The first-order chi connectivity index (χ1) is 14.2. The Kier molecular flexibility index (Phi) is 6.37. The molecule has 3 aliphatic rings. The summed E-state index contributed by atoms with van der Waals surface area (Å²) in [5, 5.41) is 2.92. The average Bonchev–Trinajstić information content (AvgIpc) is 2.78. The van der Waals surface area contributed by atoms with Gasteiger partial charge >= 0.3 is 6.03 Å². The highest BCUT2D eigenvalue weighted by atomic mass is 16.5. The molecule has 2 fully saturated rings. The lowest BCUT2D eigenvalue weighted by molar-refractivity contribution is 0.122. The molecule has 8 nitrogen and oxygen atoms in total. The molecule has 1 saturated carbocycles. The second kappa shape index (κ2) is 9.15. The fourth-order valence-corrected chi connectivity index (χ4v) is 4.65. The molecule has 0 spiro atoms. The number of hydrogen-bond donors (Lipinski definition) is 1. The number of hydrogen-bond acceptors (Lipinski definition) is 6. The summed E-state index contributed by atoms with van der Waals surface area (Å²) < 4.78 is 5.56. The van der Waals surface area contributed by atoms with Crippen LogP contribution in [-0.2, 0) is 17.7 Å². The van der Waals surface area contributed by atoms with Crippen molar-refractivity contribution in [1.82, 2.24) is 20.2 Å². The van der Waals surface area contributed by atoms with E-state index < -0.39 is 0 Å². The van der Waals surface area contributed by atoms with Crippen LogP contribution in [0.15, 0.2) is 0 Å². The van der Waals surface area contributed by atoms with E-state index in [2.05, 4.69) is 22.2 Å². The van der Waals surface area contributed by atoms with Gasteiger partial charge in [0.25, 0.3) is 0 Å². The van der Waals surface area contributed by atoms with Crippen LogP contribution in [0, 0.1) is 0 Å². The van der Waals surface area contributed by atoms with Gasteiger partial charge in [-0.05, 0) is 19.8 Å². The quantitative estimate of drug-likeness (QED) is 0.832. The average molecular weight is 403 g/mol. The van der Waals surface area contributed by atoms with E-state index >= 15 is 0 Å². The van der Waals surface area contributed by atoms with Gasteiger partial charge in [-0.3, -0.25) is 0 Å². The van der Waals surface area contributed by atoms with E-state index in [9.17, 15) is 4.79 Å². The molecule has 1 aromatic rings. The number of anilines is 2. The van der Waals surface area contributed by atoms with Crippen LogP contribution in [0.1, 0.15) is 50.3 Å². The topological polar surface area (TPSA) is 73.8 Å². The van der Waals surface area contributed by atoms with Crippen LogP contribution < -0.4 is 15.1 Å². The van der Waals surface area contributed by atoms with E-state index in [1.54, 1.807) is 0 Å². The SMILES string of the molecule is CCNC(=O)N1CCc2nc(N(C)C3CCCCC3)nc(N3CCOCC3)c2C1. The third kappa shape index (κ3) is 4.42. The van der Waals surface area contributed by atoms with Crippen molar-refractivity contribution in [2.24, 2.45) is 0 Å². The summed E-state index contributed by atoms with van der Waals surface area (Å²) in [6.07, 6.45) is 7.13. The van der Waals surface area contributed by atoms with Crippen LogP contribution in [0.25, 0.3) is 0 Å². The highest BCUT2D eigenvalue weighted by Crippen LogP contribution is 2.31. The molecule has 4 rings (SSSR count). The van der Waals surface area contributed by atoms with E-state index in [1.807, 2.05) is 11.8 Å². The van der Waals surface area contributed by atoms with E-state index in [1.165, 1.54) is 32.1 Å². The number of ether oxygens (including phenoxy) is 1. The molecule has 0 bridgehead atoms. The molecule has 1 aromatic heterocycles. The van der Waals surface area contributed by atoms with Crippen molar-refractivity contribution in [2.45, 2.75) is 58.0 Å². The first-order valence-corrected chi connectivity index (χ1v) is 11.2. The van der Waals surface area contributed by atoms with E-state index in [-0.39, 0.29) is 6.03 Å². The molecule has 2 amide bonds. The zero-order valence-corrected chi connectivity index (χ0v) is 17.8. The monoisotopic (exact) mass is 402 g/mol. The lowest BCUT2D eigenvalue weighted by Crippen LogP contribution is -2.45. The molecule has 160 valence electrons. The van der Waals surface area contributed by atoms with Crippen molar-refractivity contribution in [3.63, 3.8) is 0 Å². The number of morpholine rings is 1. The lowest BCUT2D eigenvalue weighted by Gasteiger charge is -2.36. The van der Waals surface area contributed by atoms with E-state index in [4.69, 9.17) is 14.7 Å². The van der Waals surface area contributed by atoms with Crippen LogP contribution in [-0.4, -0.2) is 73.4 Å². The van der Waals surface area contributed by atoms with Gasteiger partial charge in [-0.25, -0.2) is 9.78 Å². The molecule has 1 N–H and O–H groups in total. The van der Waals surface area contributed by atoms with Crippen molar-refractivity contribution in [3.8, 4) is 0 Å². The molecule has 1 saturated heterocycles. The van der Waals surface area contributed by atoms with Crippen molar-refractivity contribution in [2.75, 3.05) is 56.2 Å². The highest BCUT2D eigenvalue weighted by molar-refractivity contribution is 5.75. The number of nitrogens with zero attached hydrogens (tertiary/aromatic N) is 5. The minimum Gasteiger partial charge on any atom is -0.378 e. The summed E-state index contributed by atoms with van der Waals surface area (Å²) in [5.74, 6) is 1.83. The van der Waals surface area contributed by atoms with Gasteiger partial charge in [0.05, 0.1) is 25.5 Å². The number of aromatic nitrogens is 2. The van der Waals surface area contributed by atoms with Crippen LogP contribution >= 0.6 is 0 Å². The van der Waals surface area contributed by atoms with Crippen molar-refractivity contribution in [1.29, 1.82) is 0 Å². The molecule has 3 heterocycles. The summed E-state index contributed by atoms with van der Waals surface area (Å²) >= 11 is 0. The second-order valence-electron chi connectivity index (χ2n) is 8.28. The molecule has 2 aliphatic heterocycles. The van der Waals surface area contributed by atoms with E-state index in [0.29, 0.717) is 38.9 Å². The van der Waals surface area contributed by atoms with Gasteiger partial charge in [0.2, 0.25) is 5.95 Å². The summed E-state index contributed by atoms with van der Waals surface area (Å²) in [6, 6.07) is 0.518. The highest BCUT2D eigenvalue weighted by Gasteiger charge is 2.30. The van der Waals surface area contributed by atoms with E-state index in [0.717, 1.165) is 42.5 Å². The molecule has 0 aromatic carbocycles. The first-order valence-electron chi connectivity index (χ1n) is 11.2. The summed E-state index contributed by atoms with van der Waals surface area (Å²) in [5.41, 5.74) is 2.20. The van der Waals surface area contributed by atoms with Crippen LogP contribution in [0.4, 0.5) is 16.6 Å². The van der Waals surface area contributed by atoms with Crippen molar-refractivity contribution in [3.05, 3.63) is 11.3 Å². The molecular weight excluding hydrogens is 368 g/mol. The minimum absolute atomic E-state index is 0.00511. The minimum atomic E-state index is -0.00511. The maximum Gasteiger partial charge on any atom is 0.317 e. The molecule has 0 radical (unpaired) electrons. The molecule has 0 atom stereocenters. The summed E-state index contributed by atoms with van der Waals surface area (Å²) in [7, 11) is 2.14. The number of carbonyl (C=O) groups excluding carboxylic acids is 1. The zero-order valence-electron chi connectivity index (χ0n) is 17.8. The number of nitrogens with one attached hydrogen (secondary N) is 1. The van der Waals surface area contributed by atoms with Gasteiger partial charge in [-0.2, -0.15) is 4.98 Å². The van der Waals surface area contributed by atoms with Crippen LogP contribution in [0.3, 0.4) is 0 Å². The maximum atomic E-state index is 12.4. The van der Waals surface area contributed by atoms with Gasteiger partial charge in [0.1, 0.15) is 5.82 Å². The maximum absolute atomic E-state index is 12.4. The molecule has 8 heteroatoms.